The lowest BCUT2D eigenvalue weighted by Gasteiger charge is -2.19. The Labute approximate surface area is 98.0 Å². The zero-order valence-electron chi connectivity index (χ0n) is 9.91. The monoisotopic (exact) mass is 215 g/mol. The van der Waals surface area contributed by atoms with E-state index in [1.165, 1.54) is 50.5 Å². The Hall–Kier alpha value is -0.820. The predicted molar refractivity (Wildman–Crippen MR) is 67.4 cm³/mol. The molecule has 1 heteroatoms. The van der Waals surface area contributed by atoms with E-state index in [9.17, 15) is 0 Å². The first-order valence-corrected chi connectivity index (χ1v) is 6.70. The molecule has 1 nitrogen and oxygen atoms in total. The van der Waals surface area contributed by atoms with Crippen molar-refractivity contribution in [1.82, 2.24) is 0 Å². The van der Waals surface area contributed by atoms with Gasteiger partial charge in [0, 0.05) is 6.04 Å². The molecule has 86 valence electrons. The summed E-state index contributed by atoms with van der Waals surface area (Å²) in [4.78, 5) is 0. The Bertz CT molecular complexity index is 379. The molecule has 1 atom stereocenters. The van der Waals surface area contributed by atoms with Crippen LogP contribution < -0.4 is 5.73 Å². The van der Waals surface area contributed by atoms with Gasteiger partial charge in [-0.2, -0.15) is 0 Å². The van der Waals surface area contributed by atoms with Crippen molar-refractivity contribution in [3.8, 4) is 0 Å². The Morgan fingerprint density at radius 1 is 1.12 bits per heavy atom. The van der Waals surface area contributed by atoms with Crippen molar-refractivity contribution in [3.05, 3.63) is 34.9 Å². The van der Waals surface area contributed by atoms with E-state index in [1.54, 1.807) is 11.1 Å². The molecule has 2 aliphatic carbocycles. The van der Waals surface area contributed by atoms with E-state index in [2.05, 4.69) is 18.2 Å². The van der Waals surface area contributed by atoms with Crippen LogP contribution in [0.1, 0.15) is 54.8 Å². The molecule has 16 heavy (non-hydrogen) atoms. The summed E-state index contributed by atoms with van der Waals surface area (Å²) in [5, 5.41) is 0. The standard InChI is InChI=1S/C15H21N/c16-15(9-11-5-6-11)14-8-7-12-3-1-2-4-13(12)10-14/h7-8,10-11,15H,1-6,9,16H2. The molecule has 1 unspecified atom stereocenters. The smallest absolute Gasteiger partial charge is 0.0297 e. The zero-order chi connectivity index (χ0) is 11.0. The summed E-state index contributed by atoms with van der Waals surface area (Å²) < 4.78 is 0. The molecule has 0 spiro atoms. The molecule has 0 bridgehead atoms. The average molecular weight is 215 g/mol. The number of aryl methyl sites for hydroxylation is 2. The van der Waals surface area contributed by atoms with Crippen LogP contribution in [-0.2, 0) is 12.8 Å². The molecule has 1 saturated carbocycles. The maximum atomic E-state index is 6.27. The quantitative estimate of drug-likeness (QED) is 0.822. The SMILES string of the molecule is NC(CC1CC1)c1ccc2c(c1)CCCC2. The van der Waals surface area contributed by atoms with E-state index in [4.69, 9.17) is 5.73 Å². The van der Waals surface area contributed by atoms with Crippen LogP contribution in [0.5, 0.6) is 0 Å². The van der Waals surface area contributed by atoms with Crippen molar-refractivity contribution in [2.75, 3.05) is 0 Å². The van der Waals surface area contributed by atoms with Crippen LogP contribution in [-0.4, -0.2) is 0 Å². The normalized spacial score (nSPS) is 21.6. The first-order valence-electron chi connectivity index (χ1n) is 6.70. The van der Waals surface area contributed by atoms with Gasteiger partial charge in [-0.25, -0.2) is 0 Å². The van der Waals surface area contributed by atoms with Crippen molar-refractivity contribution < 1.29 is 0 Å². The number of fused-ring (bicyclic) bond motifs is 1. The second-order valence-electron chi connectivity index (χ2n) is 5.52. The lowest BCUT2D eigenvalue weighted by molar-refractivity contribution is 0.594. The van der Waals surface area contributed by atoms with E-state index in [0.717, 1.165) is 5.92 Å². The van der Waals surface area contributed by atoms with Crippen LogP contribution in [0.25, 0.3) is 0 Å². The van der Waals surface area contributed by atoms with E-state index in [0.29, 0.717) is 0 Å². The summed E-state index contributed by atoms with van der Waals surface area (Å²) in [7, 11) is 0. The minimum absolute atomic E-state index is 0.278. The van der Waals surface area contributed by atoms with Gasteiger partial charge in [0.15, 0.2) is 0 Å². The predicted octanol–water partition coefficient (Wildman–Crippen LogP) is 3.37. The topological polar surface area (TPSA) is 26.0 Å². The third-order valence-electron chi connectivity index (χ3n) is 4.08. The second kappa shape index (κ2) is 4.21. The van der Waals surface area contributed by atoms with Gasteiger partial charge in [-0.3, -0.25) is 0 Å². The highest BCUT2D eigenvalue weighted by Gasteiger charge is 2.24. The largest absolute Gasteiger partial charge is 0.324 e. The average Bonchev–Trinajstić information content (AvgIpc) is 3.12. The Kier molecular flexibility index (Phi) is 2.72. The fourth-order valence-corrected chi connectivity index (χ4v) is 2.83. The Morgan fingerprint density at radius 3 is 2.62 bits per heavy atom. The number of nitrogens with two attached hydrogens (primary N) is 1. The fourth-order valence-electron chi connectivity index (χ4n) is 2.83. The maximum absolute atomic E-state index is 6.27. The van der Waals surface area contributed by atoms with Gasteiger partial charge in [-0.15, -0.1) is 0 Å². The molecule has 1 aromatic carbocycles. The molecule has 0 aliphatic heterocycles. The van der Waals surface area contributed by atoms with Crippen molar-refractivity contribution >= 4 is 0 Å². The first-order chi connectivity index (χ1) is 7.83. The van der Waals surface area contributed by atoms with Crippen LogP contribution in [0, 0.1) is 5.92 Å². The molecule has 1 fully saturated rings. The van der Waals surface area contributed by atoms with Crippen molar-refractivity contribution in [1.29, 1.82) is 0 Å². The van der Waals surface area contributed by atoms with Crippen molar-refractivity contribution in [2.24, 2.45) is 11.7 Å². The third kappa shape index (κ3) is 2.15. The molecule has 3 rings (SSSR count). The van der Waals surface area contributed by atoms with Crippen LogP contribution >= 0.6 is 0 Å². The molecule has 0 radical (unpaired) electrons. The van der Waals surface area contributed by atoms with E-state index in [1.807, 2.05) is 0 Å². The summed E-state index contributed by atoms with van der Waals surface area (Å²) >= 11 is 0. The fraction of sp³-hybridized carbons (Fsp3) is 0.600. The van der Waals surface area contributed by atoms with E-state index in [-0.39, 0.29) is 6.04 Å². The lowest BCUT2D eigenvalue weighted by Crippen LogP contribution is -2.12. The van der Waals surface area contributed by atoms with Crippen LogP contribution in [0.15, 0.2) is 18.2 Å². The zero-order valence-corrected chi connectivity index (χ0v) is 9.91. The van der Waals surface area contributed by atoms with Crippen LogP contribution in [0.3, 0.4) is 0 Å². The molecular weight excluding hydrogens is 194 g/mol. The highest BCUT2D eigenvalue weighted by molar-refractivity contribution is 5.35. The van der Waals surface area contributed by atoms with Crippen LogP contribution in [0.4, 0.5) is 0 Å². The van der Waals surface area contributed by atoms with Crippen LogP contribution in [0.2, 0.25) is 0 Å². The molecule has 0 aromatic heterocycles. The minimum Gasteiger partial charge on any atom is -0.324 e. The van der Waals surface area contributed by atoms with Gasteiger partial charge in [0.1, 0.15) is 0 Å². The maximum Gasteiger partial charge on any atom is 0.0297 e. The summed E-state index contributed by atoms with van der Waals surface area (Å²) in [6, 6.07) is 7.23. The number of hydrogen-bond donors (Lipinski definition) is 1. The Morgan fingerprint density at radius 2 is 1.88 bits per heavy atom. The second-order valence-corrected chi connectivity index (χ2v) is 5.52. The molecule has 0 amide bonds. The van der Waals surface area contributed by atoms with E-state index < -0.39 is 0 Å². The summed E-state index contributed by atoms with van der Waals surface area (Å²) in [6.07, 6.45) is 9.25. The van der Waals surface area contributed by atoms with Gasteiger partial charge in [-0.1, -0.05) is 31.0 Å². The van der Waals surface area contributed by atoms with Gasteiger partial charge in [-0.05, 0) is 54.7 Å². The van der Waals surface area contributed by atoms with Crippen molar-refractivity contribution in [2.45, 2.75) is 51.0 Å². The molecule has 2 aliphatic rings. The summed E-state index contributed by atoms with van der Waals surface area (Å²) in [6.45, 7) is 0. The summed E-state index contributed by atoms with van der Waals surface area (Å²) in [5.74, 6) is 0.922. The van der Waals surface area contributed by atoms with Gasteiger partial charge in [0.2, 0.25) is 0 Å². The van der Waals surface area contributed by atoms with Gasteiger partial charge in [0.25, 0.3) is 0 Å². The van der Waals surface area contributed by atoms with Crippen molar-refractivity contribution in [3.63, 3.8) is 0 Å². The molecule has 2 N–H and O–H groups in total. The van der Waals surface area contributed by atoms with Gasteiger partial charge in [0.05, 0.1) is 0 Å². The number of rotatable bonds is 3. The number of benzene rings is 1. The highest BCUT2D eigenvalue weighted by atomic mass is 14.6. The molecule has 0 heterocycles. The lowest BCUT2D eigenvalue weighted by atomic mass is 9.88. The molecular formula is C15H21N. The van der Waals surface area contributed by atoms with E-state index >= 15 is 0 Å². The highest BCUT2D eigenvalue weighted by Crippen LogP contribution is 2.37. The van der Waals surface area contributed by atoms with Gasteiger partial charge >= 0.3 is 0 Å². The molecule has 1 aromatic rings. The Balaban J connectivity index is 1.78. The van der Waals surface area contributed by atoms with Gasteiger partial charge < -0.3 is 5.73 Å². The molecule has 0 saturated heterocycles. The minimum atomic E-state index is 0.278. The third-order valence-corrected chi connectivity index (χ3v) is 4.08. The number of hydrogen-bond acceptors (Lipinski definition) is 1. The summed E-state index contributed by atoms with van der Waals surface area (Å²) in [5.41, 5.74) is 10.8. The first kappa shape index (κ1) is 10.3.